The van der Waals surface area contributed by atoms with E-state index in [1.807, 2.05) is 24.3 Å². The van der Waals surface area contributed by atoms with Gasteiger partial charge in [0.1, 0.15) is 0 Å². The van der Waals surface area contributed by atoms with Crippen LogP contribution < -0.4 is 0 Å². The lowest BCUT2D eigenvalue weighted by Gasteiger charge is -2.07. The second kappa shape index (κ2) is 4.06. The zero-order chi connectivity index (χ0) is 9.14. The number of benzene rings is 1. The van der Waals surface area contributed by atoms with Crippen molar-refractivity contribution in [3.63, 3.8) is 0 Å². The van der Waals surface area contributed by atoms with Gasteiger partial charge < -0.3 is 0 Å². The largest absolute Gasteiger partial charge is 0.281 e. The standard InChI is InChI=1S/C9H8BrClO/c1-6(9(11)12)7-4-2-3-5-8(7)10/h2-6H,1H3. The molecule has 1 aromatic carbocycles. The smallest absolute Gasteiger partial charge is 0.228 e. The van der Waals surface area contributed by atoms with Crippen LogP contribution in [0.1, 0.15) is 18.4 Å². The Labute approximate surface area is 84.9 Å². The highest BCUT2D eigenvalue weighted by molar-refractivity contribution is 9.10. The molecule has 1 aromatic rings. The third-order valence-corrected chi connectivity index (χ3v) is 2.76. The van der Waals surface area contributed by atoms with Crippen LogP contribution in [0.25, 0.3) is 0 Å². The molecule has 1 nitrogen and oxygen atoms in total. The van der Waals surface area contributed by atoms with Crippen molar-refractivity contribution >= 4 is 32.8 Å². The molecule has 3 heteroatoms. The van der Waals surface area contributed by atoms with Crippen LogP contribution in [0.5, 0.6) is 0 Å². The SMILES string of the molecule is CC(C(=O)Cl)c1ccccc1Br. The highest BCUT2D eigenvalue weighted by Gasteiger charge is 2.14. The Kier molecular flexibility index (Phi) is 3.29. The van der Waals surface area contributed by atoms with Gasteiger partial charge in [0.05, 0.1) is 5.92 Å². The number of hydrogen-bond donors (Lipinski definition) is 0. The molecule has 0 N–H and O–H groups in total. The summed E-state index contributed by atoms with van der Waals surface area (Å²) in [4.78, 5) is 10.8. The highest BCUT2D eigenvalue weighted by Crippen LogP contribution is 2.25. The minimum atomic E-state index is -0.332. The van der Waals surface area contributed by atoms with Gasteiger partial charge >= 0.3 is 0 Å². The maximum atomic E-state index is 10.8. The number of carbonyl (C=O) groups is 1. The van der Waals surface area contributed by atoms with Gasteiger partial charge in [0.15, 0.2) is 0 Å². The lowest BCUT2D eigenvalue weighted by atomic mass is 10.0. The van der Waals surface area contributed by atoms with Gasteiger partial charge in [-0.3, -0.25) is 4.79 Å². The molecule has 0 amide bonds. The first kappa shape index (κ1) is 9.75. The molecule has 12 heavy (non-hydrogen) atoms. The molecule has 0 spiro atoms. The Morgan fingerprint density at radius 2 is 2.08 bits per heavy atom. The summed E-state index contributed by atoms with van der Waals surface area (Å²) in [5.41, 5.74) is 0.928. The Morgan fingerprint density at radius 3 is 2.58 bits per heavy atom. The van der Waals surface area contributed by atoms with E-state index in [2.05, 4.69) is 15.9 Å². The lowest BCUT2D eigenvalue weighted by molar-refractivity contribution is -0.112. The number of hydrogen-bond acceptors (Lipinski definition) is 1. The fraction of sp³-hybridized carbons (Fsp3) is 0.222. The van der Waals surface area contributed by atoms with Crippen LogP contribution in [-0.2, 0) is 4.79 Å². The zero-order valence-electron chi connectivity index (χ0n) is 6.55. The summed E-state index contributed by atoms with van der Waals surface area (Å²) in [6, 6.07) is 7.57. The van der Waals surface area contributed by atoms with Gasteiger partial charge in [-0.05, 0) is 23.2 Å². The second-order valence-electron chi connectivity index (χ2n) is 2.55. The molecule has 0 aliphatic carbocycles. The minimum Gasteiger partial charge on any atom is -0.281 e. The summed E-state index contributed by atoms with van der Waals surface area (Å²) in [5, 5.41) is -0.332. The molecule has 64 valence electrons. The van der Waals surface area contributed by atoms with Crippen molar-refractivity contribution < 1.29 is 4.79 Å². The molecule has 1 unspecified atom stereocenters. The van der Waals surface area contributed by atoms with Gasteiger partial charge in [-0.1, -0.05) is 41.1 Å². The van der Waals surface area contributed by atoms with Crippen molar-refractivity contribution in [3.8, 4) is 0 Å². The molecule has 0 radical (unpaired) electrons. The van der Waals surface area contributed by atoms with Gasteiger partial charge in [-0.2, -0.15) is 0 Å². The van der Waals surface area contributed by atoms with Crippen LogP contribution in [0.3, 0.4) is 0 Å². The molecule has 0 saturated carbocycles. The van der Waals surface area contributed by atoms with E-state index in [9.17, 15) is 4.79 Å². The molecule has 0 fully saturated rings. The average molecular weight is 248 g/mol. The third kappa shape index (κ3) is 2.08. The van der Waals surface area contributed by atoms with E-state index in [-0.39, 0.29) is 11.2 Å². The lowest BCUT2D eigenvalue weighted by Crippen LogP contribution is -2.02. The highest BCUT2D eigenvalue weighted by atomic mass is 79.9. The summed E-state index contributed by atoms with van der Waals surface area (Å²) in [6.45, 7) is 1.79. The maximum absolute atomic E-state index is 10.8. The Morgan fingerprint density at radius 1 is 1.50 bits per heavy atom. The number of rotatable bonds is 2. The number of halogens is 2. The van der Waals surface area contributed by atoms with Crippen LogP contribution >= 0.6 is 27.5 Å². The van der Waals surface area contributed by atoms with Crippen molar-refractivity contribution in [2.24, 2.45) is 0 Å². The zero-order valence-corrected chi connectivity index (χ0v) is 8.89. The first-order valence-corrected chi connectivity index (χ1v) is 4.74. The van der Waals surface area contributed by atoms with Crippen molar-refractivity contribution in [2.45, 2.75) is 12.8 Å². The van der Waals surface area contributed by atoms with Gasteiger partial charge in [-0.15, -0.1) is 0 Å². The molecule has 1 atom stereocenters. The average Bonchev–Trinajstić information content (AvgIpc) is 2.04. The van der Waals surface area contributed by atoms with Crippen LogP contribution in [0, 0.1) is 0 Å². The Hall–Kier alpha value is -0.340. The van der Waals surface area contributed by atoms with E-state index in [0.29, 0.717) is 0 Å². The Bertz CT molecular complexity index is 298. The molecule has 0 aliphatic rings. The van der Waals surface area contributed by atoms with E-state index >= 15 is 0 Å². The van der Waals surface area contributed by atoms with E-state index in [1.54, 1.807) is 6.92 Å². The fourth-order valence-corrected chi connectivity index (χ4v) is 1.69. The first-order valence-electron chi connectivity index (χ1n) is 3.56. The Balaban J connectivity index is 3.02. The van der Waals surface area contributed by atoms with Crippen LogP contribution in [0.2, 0.25) is 0 Å². The van der Waals surface area contributed by atoms with E-state index < -0.39 is 0 Å². The van der Waals surface area contributed by atoms with Gasteiger partial charge in [0.25, 0.3) is 0 Å². The molecule has 0 aliphatic heterocycles. The molecule has 1 rings (SSSR count). The van der Waals surface area contributed by atoms with Crippen molar-refractivity contribution in [3.05, 3.63) is 34.3 Å². The van der Waals surface area contributed by atoms with Crippen LogP contribution in [0.15, 0.2) is 28.7 Å². The van der Waals surface area contributed by atoms with E-state index in [1.165, 1.54) is 0 Å². The van der Waals surface area contributed by atoms with Gasteiger partial charge in [-0.25, -0.2) is 0 Å². The molecular formula is C9H8BrClO. The number of carbonyl (C=O) groups excluding carboxylic acids is 1. The topological polar surface area (TPSA) is 17.1 Å². The first-order chi connectivity index (χ1) is 5.63. The maximum Gasteiger partial charge on any atom is 0.228 e. The molecule has 0 aromatic heterocycles. The van der Waals surface area contributed by atoms with Crippen LogP contribution in [-0.4, -0.2) is 5.24 Å². The quantitative estimate of drug-likeness (QED) is 0.733. The monoisotopic (exact) mass is 246 g/mol. The summed E-state index contributed by atoms with van der Waals surface area (Å²) < 4.78 is 0.923. The second-order valence-corrected chi connectivity index (χ2v) is 3.77. The molecule has 0 bridgehead atoms. The van der Waals surface area contributed by atoms with E-state index in [0.717, 1.165) is 10.0 Å². The fourth-order valence-electron chi connectivity index (χ4n) is 0.949. The molecule has 0 saturated heterocycles. The van der Waals surface area contributed by atoms with Crippen LogP contribution in [0.4, 0.5) is 0 Å². The van der Waals surface area contributed by atoms with Gasteiger partial charge in [0.2, 0.25) is 5.24 Å². The minimum absolute atomic E-state index is 0.248. The van der Waals surface area contributed by atoms with E-state index in [4.69, 9.17) is 11.6 Å². The van der Waals surface area contributed by atoms with Gasteiger partial charge in [0, 0.05) is 4.47 Å². The predicted octanol–water partition coefficient (Wildman–Crippen LogP) is 3.32. The summed E-state index contributed by atoms with van der Waals surface area (Å²) in [5.74, 6) is -0.248. The summed E-state index contributed by atoms with van der Waals surface area (Å²) in [6.07, 6.45) is 0. The summed E-state index contributed by atoms with van der Waals surface area (Å²) >= 11 is 8.73. The normalized spacial score (nSPS) is 12.6. The molecule has 0 heterocycles. The third-order valence-electron chi connectivity index (χ3n) is 1.71. The molecular weight excluding hydrogens is 239 g/mol. The predicted molar refractivity (Wildman–Crippen MR) is 53.4 cm³/mol. The van der Waals surface area contributed by atoms with Crippen molar-refractivity contribution in [1.29, 1.82) is 0 Å². The van der Waals surface area contributed by atoms with Crippen molar-refractivity contribution in [2.75, 3.05) is 0 Å². The van der Waals surface area contributed by atoms with Crippen molar-refractivity contribution in [1.82, 2.24) is 0 Å². The summed E-state index contributed by atoms with van der Waals surface area (Å²) in [7, 11) is 0.